The minimum Gasteiger partial charge on any atom is -0.503 e. The Labute approximate surface area is 147 Å². The number of nitriles is 1. The standard InChI is InChI=1S/C16H12ClN3O3S/c1-24-16(19-9-18)20-12-7-11(17)8-13(14(12)21)23-15(22)10-5-3-2-4-6-10/h2-8,21H,1H3,(H,19,20). The maximum Gasteiger partial charge on any atom is 0.343 e. The van der Waals surface area contributed by atoms with Gasteiger partial charge >= 0.3 is 5.97 Å². The molecule has 2 aromatic rings. The van der Waals surface area contributed by atoms with Gasteiger partial charge in [-0.15, -0.1) is 0 Å². The van der Waals surface area contributed by atoms with Gasteiger partial charge < -0.3 is 9.84 Å². The second-order valence-electron chi connectivity index (χ2n) is 4.39. The van der Waals surface area contributed by atoms with Crippen molar-refractivity contribution < 1.29 is 14.6 Å². The van der Waals surface area contributed by atoms with Crippen LogP contribution in [0.3, 0.4) is 0 Å². The quantitative estimate of drug-likeness (QED) is 0.216. The number of esters is 1. The number of nitrogens with one attached hydrogen (secondary N) is 1. The van der Waals surface area contributed by atoms with E-state index in [1.165, 1.54) is 23.9 Å². The number of halogens is 1. The minimum absolute atomic E-state index is 0.0745. The molecule has 6 nitrogen and oxygen atoms in total. The number of hydrogen-bond acceptors (Lipinski definition) is 6. The van der Waals surface area contributed by atoms with Crippen molar-refractivity contribution in [3.8, 4) is 17.7 Å². The summed E-state index contributed by atoms with van der Waals surface area (Å²) < 4.78 is 5.19. The monoisotopic (exact) mass is 361 g/mol. The summed E-state index contributed by atoms with van der Waals surface area (Å²) in [6.07, 6.45) is 3.45. The molecule has 2 aromatic carbocycles. The van der Waals surface area contributed by atoms with Crippen LogP contribution in [-0.4, -0.2) is 22.5 Å². The lowest BCUT2D eigenvalue weighted by Crippen LogP contribution is -2.12. The maximum atomic E-state index is 12.1. The van der Waals surface area contributed by atoms with E-state index in [-0.39, 0.29) is 27.4 Å². The highest BCUT2D eigenvalue weighted by Crippen LogP contribution is 2.40. The maximum absolute atomic E-state index is 12.1. The summed E-state index contributed by atoms with van der Waals surface area (Å²) >= 11 is 7.17. The van der Waals surface area contributed by atoms with E-state index < -0.39 is 5.97 Å². The number of phenols is 1. The van der Waals surface area contributed by atoms with Gasteiger partial charge in [-0.25, -0.2) is 9.79 Å². The van der Waals surface area contributed by atoms with E-state index in [9.17, 15) is 9.90 Å². The van der Waals surface area contributed by atoms with E-state index in [1.807, 2.05) is 0 Å². The van der Waals surface area contributed by atoms with Crippen LogP contribution in [0, 0.1) is 11.5 Å². The normalized spacial score (nSPS) is 10.8. The van der Waals surface area contributed by atoms with Crippen molar-refractivity contribution >= 4 is 40.2 Å². The van der Waals surface area contributed by atoms with Gasteiger partial charge in [0.1, 0.15) is 5.69 Å². The molecule has 0 aliphatic carbocycles. The lowest BCUT2D eigenvalue weighted by atomic mass is 10.2. The summed E-state index contributed by atoms with van der Waals surface area (Å²) in [5.74, 6) is -1.11. The molecule has 122 valence electrons. The van der Waals surface area contributed by atoms with Crippen LogP contribution in [0.4, 0.5) is 5.69 Å². The first-order chi connectivity index (χ1) is 11.5. The Bertz CT molecular complexity index is 819. The molecule has 2 N–H and O–H groups in total. The van der Waals surface area contributed by atoms with E-state index in [0.717, 1.165) is 0 Å². The highest BCUT2D eigenvalue weighted by Gasteiger charge is 2.16. The molecule has 0 atom stereocenters. The highest BCUT2D eigenvalue weighted by atomic mass is 35.5. The van der Waals surface area contributed by atoms with Gasteiger partial charge in [0, 0.05) is 11.1 Å². The van der Waals surface area contributed by atoms with Crippen molar-refractivity contribution in [2.45, 2.75) is 0 Å². The number of amidine groups is 1. The third kappa shape index (κ3) is 4.41. The Morgan fingerprint density at radius 1 is 1.38 bits per heavy atom. The summed E-state index contributed by atoms with van der Waals surface area (Å²) in [6, 6.07) is 11.0. The molecule has 0 saturated heterocycles. The van der Waals surface area contributed by atoms with E-state index >= 15 is 0 Å². The minimum atomic E-state index is -0.636. The van der Waals surface area contributed by atoms with E-state index in [4.69, 9.17) is 21.6 Å². The van der Waals surface area contributed by atoms with E-state index in [0.29, 0.717) is 5.56 Å². The highest BCUT2D eigenvalue weighted by molar-refractivity contribution is 8.13. The smallest absolute Gasteiger partial charge is 0.343 e. The number of aliphatic imine (C=N–C) groups is 1. The molecule has 0 radical (unpaired) electrons. The fourth-order valence-corrected chi connectivity index (χ4v) is 2.28. The van der Waals surface area contributed by atoms with Crippen molar-refractivity contribution in [1.82, 2.24) is 5.32 Å². The molecule has 0 aliphatic heterocycles. The van der Waals surface area contributed by atoms with Crippen LogP contribution >= 0.6 is 23.4 Å². The average molecular weight is 362 g/mol. The van der Waals surface area contributed by atoms with Gasteiger partial charge in [-0.05, 0) is 24.5 Å². The van der Waals surface area contributed by atoms with Gasteiger partial charge in [0.25, 0.3) is 0 Å². The van der Waals surface area contributed by atoms with E-state index in [2.05, 4.69) is 10.3 Å². The zero-order chi connectivity index (χ0) is 17.5. The number of rotatable bonds is 3. The molecule has 0 unspecified atom stereocenters. The van der Waals surface area contributed by atoms with Crippen molar-refractivity contribution in [1.29, 1.82) is 5.26 Å². The van der Waals surface area contributed by atoms with Crippen LogP contribution in [-0.2, 0) is 0 Å². The Kier molecular flexibility index (Phi) is 6.07. The largest absolute Gasteiger partial charge is 0.503 e. The molecular formula is C16H12ClN3O3S. The van der Waals surface area contributed by atoms with Crippen LogP contribution in [0.25, 0.3) is 0 Å². The lowest BCUT2D eigenvalue weighted by molar-refractivity contribution is 0.0730. The van der Waals surface area contributed by atoms with Crippen LogP contribution < -0.4 is 10.1 Å². The first-order valence-electron chi connectivity index (χ1n) is 6.62. The number of carbonyl (C=O) groups is 1. The lowest BCUT2D eigenvalue weighted by Gasteiger charge is -2.09. The summed E-state index contributed by atoms with van der Waals surface area (Å²) in [6.45, 7) is 0. The third-order valence-electron chi connectivity index (χ3n) is 2.81. The van der Waals surface area contributed by atoms with Crippen LogP contribution in [0.2, 0.25) is 5.02 Å². The second kappa shape index (κ2) is 8.24. The van der Waals surface area contributed by atoms with Crippen molar-refractivity contribution in [2.75, 3.05) is 6.26 Å². The molecule has 24 heavy (non-hydrogen) atoms. The van der Waals surface area contributed by atoms with Gasteiger partial charge in [-0.3, -0.25) is 5.32 Å². The third-order valence-corrected chi connectivity index (χ3v) is 3.61. The van der Waals surface area contributed by atoms with Crippen LogP contribution in [0.5, 0.6) is 11.5 Å². The number of hydrogen-bond donors (Lipinski definition) is 2. The molecule has 0 heterocycles. The number of thioether (sulfide) groups is 1. The Morgan fingerprint density at radius 3 is 2.71 bits per heavy atom. The zero-order valence-electron chi connectivity index (χ0n) is 12.5. The van der Waals surface area contributed by atoms with Gasteiger partial charge in [0.2, 0.25) is 0 Å². The van der Waals surface area contributed by atoms with Gasteiger partial charge in [-0.2, -0.15) is 5.26 Å². The topological polar surface area (TPSA) is 94.7 Å². The number of aromatic hydroxyl groups is 1. The Hall–Kier alpha value is -2.69. The molecule has 0 aromatic heterocycles. The van der Waals surface area contributed by atoms with Crippen molar-refractivity contribution in [3.05, 3.63) is 53.1 Å². The van der Waals surface area contributed by atoms with Crippen LogP contribution in [0.1, 0.15) is 10.4 Å². The summed E-state index contributed by atoms with van der Waals surface area (Å²) in [4.78, 5) is 16.2. The van der Waals surface area contributed by atoms with Crippen molar-refractivity contribution in [2.24, 2.45) is 4.99 Å². The van der Waals surface area contributed by atoms with Crippen molar-refractivity contribution in [3.63, 3.8) is 0 Å². The second-order valence-corrected chi connectivity index (χ2v) is 5.62. The fraction of sp³-hybridized carbons (Fsp3) is 0.0625. The Morgan fingerprint density at radius 2 is 2.08 bits per heavy atom. The number of carbonyl (C=O) groups excluding carboxylic acids is 1. The molecule has 0 bridgehead atoms. The summed E-state index contributed by atoms with van der Waals surface area (Å²) in [5.41, 5.74) is 0.406. The predicted octanol–water partition coefficient (Wildman–Crippen LogP) is 3.69. The number of nitrogens with zero attached hydrogens (tertiary/aromatic N) is 2. The summed E-state index contributed by atoms with van der Waals surface area (Å²) in [5, 5.41) is 21.8. The molecular weight excluding hydrogens is 350 g/mol. The number of ether oxygens (including phenoxy) is 1. The molecule has 0 amide bonds. The van der Waals surface area contributed by atoms with Gasteiger partial charge in [0.05, 0.1) is 5.56 Å². The zero-order valence-corrected chi connectivity index (χ0v) is 14.1. The summed E-state index contributed by atoms with van der Waals surface area (Å²) in [7, 11) is 0. The molecule has 0 spiro atoms. The molecule has 0 aliphatic rings. The molecule has 0 saturated carbocycles. The van der Waals surface area contributed by atoms with Gasteiger partial charge in [0.15, 0.2) is 22.9 Å². The SMILES string of the molecule is CSC(=Nc1cc(Cl)cc(OC(=O)c2ccccc2)c1O)NC#N. The average Bonchev–Trinajstić information content (AvgIpc) is 2.59. The first kappa shape index (κ1) is 17.7. The Balaban J connectivity index is 2.35. The number of phenolic OH excluding ortho intramolecular Hbond substituents is 1. The van der Waals surface area contributed by atoms with Crippen LogP contribution in [0.15, 0.2) is 47.5 Å². The predicted molar refractivity (Wildman–Crippen MR) is 93.9 cm³/mol. The van der Waals surface area contributed by atoms with E-state index in [1.54, 1.807) is 42.8 Å². The first-order valence-corrected chi connectivity index (χ1v) is 8.23. The van der Waals surface area contributed by atoms with Gasteiger partial charge in [-0.1, -0.05) is 41.6 Å². The molecule has 8 heteroatoms. The molecule has 0 fully saturated rings. The fourth-order valence-electron chi connectivity index (χ4n) is 1.74. The molecule has 2 rings (SSSR count). The number of benzene rings is 2.